The van der Waals surface area contributed by atoms with Crippen molar-refractivity contribution in [2.45, 2.75) is 239 Å². The Morgan fingerprint density at radius 2 is 0.807 bits per heavy atom. The van der Waals surface area contributed by atoms with Gasteiger partial charge in [0.15, 0.2) is 0 Å². The van der Waals surface area contributed by atoms with Crippen LogP contribution in [0.2, 0.25) is 0 Å². The summed E-state index contributed by atoms with van der Waals surface area (Å²) in [5.74, 6) is 13.1. The van der Waals surface area contributed by atoms with Crippen molar-refractivity contribution in [3.63, 3.8) is 0 Å². The van der Waals surface area contributed by atoms with E-state index in [1.54, 1.807) is 23.2 Å². The highest BCUT2D eigenvalue weighted by molar-refractivity contribution is 5.78. The zero-order chi connectivity index (χ0) is 64.6. The van der Waals surface area contributed by atoms with Crippen LogP contribution >= 0.6 is 0 Å². The van der Waals surface area contributed by atoms with Gasteiger partial charge in [-0.15, -0.1) is 11.8 Å². The molecular formula is C79H118N4. The van der Waals surface area contributed by atoms with E-state index in [9.17, 15) is 0 Å². The van der Waals surface area contributed by atoms with Crippen molar-refractivity contribution in [2.75, 3.05) is 21.1 Å². The van der Waals surface area contributed by atoms with E-state index >= 15 is 0 Å². The van der Waals surface area contributed by atoms with E-state index in [4.69, 9.17) is 0 Å². The number of hydrogen-bond acceptors (Lipinski definition) is 4. The SMILES string of the molecule is CC#CC1=Cc2c(C)c(C)c(C)c(C)c2C1.CC#CC1Cc2c(C)c(C)c(C)c(C)c2C1.CC(C)=NN(C)C.CC=NC(C)(C)C.CN=CC(C)(C)C.Cc1ccc(C)c(C)c1C.Cc1ccc(C)c(C)c1C.Cc1ccc(C)c(C)c1C. The van der Waals surface area contributed by atoms with Crippen LogP contribution in [-0.2, 0) is 19.3 Å². The Morgan fingerprint density at radius 3 is 1.02 bits per heavy atom. The van der Waals surface area contributed by atoms with Crippen molar-refractivity contribution in [2.24, 2.45) is 26.4 Å². The summed E-state index contributed by atoms with van der Waals surface area (Å²) in [6.45, 7) is 66.2. The number of fused-ring (bicyclic) bond motifs is 2. The summed E-state index contributed by atoms with van der Waals surface area (Å²) in [6, 6.07) is 13.1. The zero-order valence-corrected chi connectivity index (χ0v) is 59.7. The highest BCUT2D eigenvalue weighted by Gasteiger charge is 2.25. The van der Waals surface area contributed by atoms with Gasteiger partial charge in [0.1, 0.15) is 0 Å². The molecule has 0 radical (unpaired) electrons. The molecule has 0 bridgehead atoms. The smallest absolute Gasteiger partial charge is 0.0520 e. The van der Waals surface area contributed by atoms with E-state index in [0.717, 1.165) is 25.0 Å². The molecule has 0 unspecified atom stereocenters. The largest absolute Gasteiger partial charge is 0.303 e. The van der Waals surface area contributed by atoms with Crippen LogP contribution in [0.15, 0.2) is 57.1 Å². The molecule has 0 saturated carbocycles. The molecule has 4 nitrogen and oxygen atoms in total. The van der Waals surface area contributed by atoms with Crippen molar-refractivity contribution in [1.82, 2.24) is 5.01 Å². The number of allylic oxidation sites excluding steroid dienone is 1. The van der Waals surface area contributed by atoms with E-state index < -0.39 is 0 Å². The van der Waals surface area contributed by atoms with Gasteiger partial charge in [-0.25, -0.2) is 0 Å². The molecule has 0 amide bonds. The summed E-state index contributed by atoms with van der Waals surface area (Å²) in [5, 5.41) is 5.81. The molecule has 83 heavy (non-hydrogen) atoms. The minimum absolute atomic E-state index is 0.120. The first-order valence-electron chi connectivity index (χ1n) is 30.2. The van der Waals surface area contributed by atoms with Crippen LogP contribution in [0, 0.1) is 173 Å². The third-order valence-corrected chi connectivity index (χ3v) is 16.5. The number of aryl methyl sites for hydroxylation is 6. The van der Waals surface area contributed by atoms with Gasteiger partial charge >= 0.3 is 0 Å². The fourth-order valence-electron chi connectivity index (χ4n) is 9.84. The van der Waals surface area contributed by atoms with E-state index in [1.807, 2.05) is 61.1 Å². The summed E-state index contributed by atoms with van der Waals surface area (Å²) in [7, 11) is 5.62. The molecule has 7 rings (SSSR count). The van der Waals surface area contributed by atoms with Crippen LogP contribution in [0.5, 0.6) is 0 Å². The average Bonchev–Trinajstić information content (AvgIpc) is 3.86. The van der Waals surface area contributed by atoms with Crippen LogP contribution in [0.3, 0.4) is 0 Å². The molecule has 0 fully saturated rings. The van der Waals surface area contributed by atoms with E-state index in [1.165, 1.54) is 128 Å². The topological polar surface area (TPSA) is 40.3 Å². The Hall–Kier alpha value is -6.23. The van der Waals surface area contributed by atoms with Gasteiger partial charge in [-0.3, -0.25) is 4.99 Å². The zero-order valence-electron chi connectivity index (χ0n) is 59.7. The molecule has 454 valence electrons. The Balaban J connectivity index is 0.000000947. The van der Waals surface area contributed by atoms with Crippen molar-refractivity contribution in [1.29, 1.82) is 0 Å². The van der Waals surface area contributed by atoms with E-state index in [0.29, 0.717) is 5.92 Å². The predicted octanol–water partition coefficient (Wildman–Crippen LogP) is 20.9. The maximum atomic E-state index is 4.13. The highest BCUT2D eigenvalue weighted by Crippen LogP contribution is 2.36. The second kappa shape index (κ2) is 35.8. The van der Waals surface area contributed by atoms with Gasteiger partial charge in [0, 0.05) is 51.0 Å². The summed E-state index contributed by atoms with van der Waals surface area (Å²) >= 11 is 0. The molecule has 5 aromatic rings. The van der Waals surface area contributed by atoms with Gasteiger partial charge in [0.25, 0.3) is 0 Å². The molecule has 0 saturated heterocycles. The molecule has 0 heterocycles. The van der Waals surface area contributed by atoms with Crippen LogP contribution in [0.25, 0.3) is 6.08 Å². The number of rotatable bonds is 1. The van der Waals surface area contributed by atoms with Crippen molar-refractivity contribution >= 4 is 24.2 Å². The van der Waals surface area contributed by atoms with Crippen LogP contribution in [0.4, 0.5) is 0 Å². The summed E-state index contributed by atoms with van der Waals surface area (Å²) < 4.78 is 0. The van der Waals surface area contributed by atoms with Gasteiger partial charge in [0.2, 0.25) is 0 Å². The lowest BCUT2D eigenvalue weighted by Crippen LogP contribution is -2.08. The van der Waals surface area contributed by atoms with Gasteiger partial charge in [-0.1, -0.05) is 69.0 Å². The molecule has 0 spiro atoms. The first-order chi connectivity index (χ1) is 38.2. The maximum absolute atomic E-state index is 4.13. The van der Waals surface area contributed by atoms with Crippen molar-refractivity contribution in [3.05, 3.63) is 175 Å². The first-order valence-corrected chi connectivity index (χ1v) is 30.2. The van der Waals surface area contributed by atoms with E-state index in [-0.39, 0.29) is 11.0 Å². The molecule has 0 N–H and O–H groups in total. The van der Waals surface area contributed by atoms with Crippen LogP contribution in [0.1, 0.15) is 210 Å². The molecule has 0 atom stereocenters. The van der Waals surface area contributed by atoms with Crippen molar-refractivity contribution in [3.8, 4) is 23.7 Å². The quantitative estimate of drug-likeness (QED) is 0.0937. The van der Waals surface area contributed by atoms with Gasteiger partial charge in [-0.05, 0) is 358 Å². The lowest BCUT2D eigenvalue weighted by atomic mass is 9.90. The normalized spacial score (nSPS) is 11.8. The summed E-state index contributed by atoms with van der Waals surface area (Å²) in [4.78, 5) is 8.01. The standard InChI is InChI=1S/C16H20.C16H18.3C10H14.2C6H13N.C5H12N2/c2*1-6-7-14-8-15-12(4)10(2)11(3)13(5)16(15)9-14;3*1-7-5-6-8(2)10(4)9(7)3;1-6(2,3)5-7-4;1-5-7-6(2,3)4;1-5(2)6-7(3)4/h14H,8-9H2,1-5H3;8H,9H2,1-5H3;3*5-6H,1-4H3;2*5H,1-4H3;1-4H3. The fraction of sp³-hybridized carbons (Fsp3) is 0.506. The second-order valence-corrected chi connectivity index (χ2v) is 25.6. The van der Waals surface area contributed by atoms with Gasteiger partial charge < -0.3 is 10.0 Å². The summed E-state index contributed by atoms with van der Waals surface area (Å²) in [6.07, 6.45) is 9.37. The molecule has 0 aliphatic heterocycles. The monoisotopic (exact) mass is 1120 g/mol. The number of benzene rings is 5. The predicted molar refractivity (Wildman–Crippen MR) is 377 cm³/mol. The Labute approximate surface area is 512 Å². The Bertz CT molecular complexity index is 2900. The molecule has 5 aromatic carbocycles. The number of hydrazone groups is 1. The third kappa shape index (κ3) is 25.7. The second-order valence-electron chi connectivity index (χ2n) is 25.6. The first kappa shape index (κ1) is 76.8. The number of hydrogen-bond donors (Lipinski definition) is 0. The molecule has 4 heteroatoms. The number of nitrogens with zero attached hydrogens (tertiary/aromatic N) is 4. The van der Waals surface area contributed by atoms with Crippen LogP contribution in [-0.4, -0.2) is 49.8 Å². The van der Waals surface area contributed by atoms with E-state index in [2.05, 4.69) is 261 Å². The lowest BCUT2D eigenvalue weighted by Gasteiger charge is -2.15. The third-order valence-electron chi connectivity index (χ3n) is 16.5. The Morgan fingerprint density at radius 1 is 0.482 bits per heavy atom. The summed E-state index contributed by atoms with van der Waals surface area (Å²) in [5.41, 5.74) is 37.4. The minimum Gasteiger partial charge on any atom is -0.303 e. The molecule has 2 aliphatic carbocycles. The molecule has 0 aromatic heterocycles. The highest BCUT2D eigenvalue weighted by atomic mass is 15.4. The van der Waals surface area contributed by atoms with Crippen LogP contribution < -0.4 is 0 Å². The molecular weight excluding hydrogens is 1000 g/mol. The fourth-order valence-corrected chi connectivity index (χ4v) is 9.84. The van der Waals surface area contributed by atoms with Gasteiger partial charge in [0.05, 0.1) is 5.54 Å². The average molecular weight is 1120 g/mol. The lowest BCUT2D eigenvalue weighted by molar-refractivity contribution is 0.437. The van der Waals surface area contributed by atoms with Crippen molar-refractivity contribution < 1.29 is 0 Å². The minimum atomic E-state index is 0.120. The maximum Gasteiger partial charge on any atom is 0.0520 e. The Kier molecular flexibility index (Phi) is 33.1. The molecule has 2 aliphatic rings. The van der Waals surface area contributed by atoms with Gasteiger partial charge in [-0.2, -0.15) is 5.10 Å². The number of aliphatic imine (C=N–C) groups is 2.